The molecule has 0 spiro atoms. The Morgan fingerprint density at radius 2 is 2.00 bits per heavy atom. The topological polar surface area (TPSA) is 52.3 Å². The third kappa shape index (κ3) is 5.35. The van der Waals surface area contributed by atoms with Crippen LogP contribution in [0.25, 0.3) is 0 Å². The van der Waals surface area contributed by atoms with E-state index in [0.717, 1.165) is 12.8 Å². The smallest absolute Gasteiger partial charge is 0.140 e. The summed E-state index contributed by atoms with van der Waals surface area (Å²) in [4.78, 5) is 11.7. The van der Waals surface area contributed by atoms with Crippen LogP contribution in [-0.4, -0.2) is 25.5 Å². The first-order valence-electron chi connectivity index (χ1n) is 5.35. The Labute approximate surface area is 87.0 Å². The molecule has 14 heavy (non-hydrogen) atoms. The Morgan fingerprint density at radius 3 is 2.50 bits per heavy atom. The van der Waals surface area contributed by atoms with E-state index in [4.69, 9.17) is 10.5 Å². The normalized spacial score (nSPS) is 11.7. The second-order valence-corrected chi connectivity index (χ2v) is 4.21. The molecule has 0 amide bonds. The fourth-order valence-electron chi connectivity index (χ4n) is 1.45. The maximum absolute atomic E-state index is 11.7. The molecule has 0 saturated heterocycles. The van der Waals surface area contributed by atoms with Crippen LogP contribution in [0.1, 0.15) is 40.0 Å². The van der Waals surface area contributed by atoms with Crippen molar-refractivity contribution >= 4 is 5.78 Å². The largest absolute Gasteiger partial charge is 0.380 e. The average Bonchev–Trinajstić information content (AvgIpc) is 2.12. The van der Waals surface area contributed by atoms with Gasteiger partial charge in [0.15, 0.2) is 0 Å². The van der Waals surface area contributed by atoms with Gasteiger partial charge < -0.3 is 10.5 Å². The predicted molar refractivity (Wildman–Crippen MR) is 58.2 cm³/mol. The number of Topliss-reactive ketones (excluding diaryl/α,β-unsaturated/α-hetero) is 1. The van der Waals surface area contributed by atoms with Gasteiger partial charge in [0.05, 0.1) is 13.2 Å². The van der Waals surface area contributed by atoms with Gasteiger partial charge in [0.1, 0.15) is 5.78 Å². The molecule has 0 unspecified atom stereocenters. The highest BCUT2D eigenvalue weighted by atomic mass is 16.5. The van der Waals surface area contributed by atoms with Gasteiger partial charge in [0.2, 0.25) is 0 Å². The minimum Gasteiger partial charge on any atom is -0.380 e. The minimum atomic E-state index is -0.194. The van der Waals surface area contributed by atoms with Crippen molar-refractivity contribution in [3.8, 4) is 0 Å². The molecule has 0 bridgehead atoms. The number of ether oxygens (including phenoxy) is 1. The van der Waals surface area contributed by atoms with Crippen LogP contribution in [0.5, 0.6) is 0 Å². The maximum atomic E-state index is 11.7. The lowest BCUT2D eigenvalue weighted by molar-refractivity contribution is -0.128. The van der Waals surface area contributed by atoms with Crippen molar-refractivity contribution in [2.75, 3.05) is 19.8 Å². The Bertz CT molecular complexity index is 167. The van der Waals surface area contributed by atoms with Crippen molar-refractivity contribution < 1.29 is 9.53 Å². The summed E-state index contributed by atoms with van der Waals surface area (Å²) in [6, 6.07) is 0. The SMILES string of the molecule is CCCC(C)(C)C(=O)CCOCCN. The zero-order valence-electron chi connectivity index (χ0n) is 9.64. The van der Waals surface area contributed by atoms with Gasteiger partial charge >= 0.3 is 0 Å². The Balaban J connectivity index is 3.71. The molecule has 0 aromatic heterocycles. The summed E-state index contributed by atoms with van der Waals surface area (Å²) in [5, 5.41) is 0. The van der Waals surface area contributed by atoms with Crippen molar-refractivity contribution in [3.63, 3.8) is 0 Å². The highest BCUT2D eigenvalue weighted by Crippen LogP contribution is 2.24. The molecule has 0 aromatic rings. The van der Waals surface area contributed by atoms with Gasteiger partial charge in [-0.3, -0.25) is 4.79 Å². The number of carbonyl (C=O) groups is 1. The average molecular weight is 201 g/mol. The zero-order valence-corrected chi connectivity index (χ0v) is 9.64. The molecule has 0 aliphatic rings. The zero-order chi connectivity index (χ0) is 11.0. The van der Waals surface area contributed by atoms with E-state index in [-0.39, 0.29) is 11.2 Å². The third-order valence-electron chi connectivity index (χ3n) is 2.37. The van der Waals surface area contributed by atoms with Gasteiger partial charge in [-0.1, -0.05) is 27.2 Å². The molecule has 0 saturated carbocycles. The lowest BCUT2D eigenvalue weighted by atomic mass is 9.82. The Hall–Kier alpha value is -0.410. The molecule has 0 rings (SSSR count). The lowest BCUT2D eigenvalue weighted by Crippen LogP contribution is -2.25. The molecule has 84 valence electrons. The third-order valence-corrected chi connectivity index (χ3v) is 2.37. The van der Waals surface area contributed by atoms with E-state index in [1.54, 1.807) is 0 Å². The van der Waals surface area contributed by atoms with Crippen LogP contribution in [0.2, 0.25) is 0 Å². The van der Waals surface area contributed by atoms with E-state index >= 15 is 0 Å². The summed E-state index contributed by atoms with van der Waals surface area (Å²) in [7, 11) is 0. The van der Waals surface area contributed by atoms with Crippen LogP contribution in [0, 0.1) is 5.41 Å². The van der Waals surface area contributed by atoms with Crippen molar-refractivity contribution in [2.24, 2.45) is 11.1 Å². The van der Waals surface area contributed by atoms with Crippen LogP contribution in [0.3, 0.4) is 0 Å². The summed E-state index contributed by atoms with van der Waals surface area (Å²) < 4.78 is 5.18. The highest BCUT2D eigenvalue weighted by molar-refractivity contribution is 5.84. The number of hydrogen-bond acceptors (Lipinski definition) is 3. The molecule has 0 radical (unpaired) electrons. The number of hydrogen-bond donors (Lipinski definition) is 1. The van der Waals surface area contributed by atoms with Gasteiger partial charge in [-0.15, -0.1) is 0 Å². The number of rotatable bonds is 8. The molecule has 2 N–H and O–H groups in total. The summed E-state index contributed by atoms with van der Waals surface area (Å²) in [5.41, 5.74) is 5.08. The molecule has 0 atom stereocenters. The van der Waals surface area contributed by atoms with Crippen molar-refractivity contribution in [2.45, 2.75) is 40.0 Å². The molecule has 0 aliphatic heterocycles. The molecule has 0 fully saturated rings. The number of ketones is 1. The lowest BCUT2D eigenvalue weighted by Gasteiger charge is -2.22. The minimum absolute atomic E-state index is 0.194. The number of nitrogens with two attached hydrogens (primary N) is 1. The van der Waals surface area contributed by atoms with Crippen LogP contribution in [0.4, 0.5) is 0 Å². The second kappa shape index (κ2) is 6.96. The first-order chi connectivity index (χ1) is 6.54. The van der Waals surface area contributed by atoms with Gasteiger partial charge in [0.25, 0.3) is 0 Å². The van der Waals surface area contributed by atoms with Crippen LogP contribution in [-0.2, 0) is 9.53 Å². The van der Waals surface area contributed by atoms with Crippen molar-refractivity contribution in [1.82, 2.24) is 0 Å². The molecule has 0 heterocycles. The standard InChI is InChI=1S/C11H23NO2/c1-4-6-11(2,3)10(13)5-8-14-9-7-12/h4-9,12H2,1-3H3. The first kappa shape index (κ1) is 13.6. The van der Waals surface area contributed by atoms with Crippen LogP contribution in [0.15, 0.2) is 0 Å². The Morgan fingerprint density at radius 1 is 1.36 bits per heavy atom. The Kier molecular flexibility index (Phi) is 6.75. The molecule has 3 heteroatoms. The van der Waals surface area contributed by atoms with E-state index in [0.29, 0.717) is 26.2 Å². The van der Waals surface area contributed by atoms with Gasteiger partial charge in [-0.05, 0) is 6.42 Å². The van der Waals surface area contributed by atoms with E-state index in [1.165, 1.54) is 0 Å². The van der Waals surface area contributed by atoms with Gasteiger partial charge in [0, 0.05) is 18.4 Å². The van der Waals surface area contributed by atoms with E-state index in [1.807, 2.05) is 13.8 Å². The van der Waals surface area contributed by atoms with E-state index in [2.05, 4.69) is 6.92 Å². The molecule has 3 nitrogen and oxygen atoms in total. The van der Waals surface area contributed by atoms with Gasteiger partial charge in [-0.2, -0.15) is 0 Å². The molecular weight excluding hydrogens is 178 g/mol. The highest BCUT2D eigenvalue weighted by Gasteiger charge is 2.25. The van der Waals surface area contributed by atoms with E-state index < -0.39 is 0 Å². The predicted octanol–water partition coefficient (Wildman–Crippen LogP) is 1.75. The summed E-state index contributed by atoms with van der Waals surface area (Å²) >= 11 is 0. The fraction of sp³-hybridized carbons (Fsp3) is 0.909. The molecule has 0 aromatic carbocycles. The van der Waals surface area contributed by atoms with Gasteiger partial charge in [-0.25, -0.2) is 0 Å². The second-order valence-electron chi connectivity index (χ2n) is 4.21. The quantitative estimate of drug-likeness (QED) is 0.609. The van der Waals surface area contributed by atoms with Crippen molar-refractivity contribution in [3.05, 3.63) is 0 Å². The number of carbonyl (C=O) groups excluding carboxylic acids is 1. The van der Waals surface area contributed by atoms with Crippen LogP contribution < -0.4 is 5.73 Å². The summed E-state index contributed by atoms with van der Waals surface area (Å²) in [6.07, 6.45) is 2.50. The monoisotopic (exact) mass is 201 g/mol. The summed E-state index contributed by atoms with van der Waals surface area (Å²) in [5.74, 6) is 0.288. The fourth-order valence-corrected chi connectivity index (χ4v) is 1.45. The maximum Gasteiger partial charge on any atom is 0.140 e. The van der Waals surface area contributed by atoms with E-state index in [9.17, 15) is 4.79 Å². The van der Waals surface area contributed by atoms with Crippen molar-refractivity contribution in [1.29, 1.82) is 0 Å². The molecular formula is C11H23NO2. The van der Waals surface area contributed by atoms with Crippen LogP contribution >= 0.6 is 0 Å². The molecule has 0 aliphatic carbocycles. The summed E-state index contributed by atoms with van der Waals surface area (Å²) in [6.45, 7) is 7.67. The first-order valence-corrected chi connectivity index (χ1v) is 5.35.